The number of anilines is 1. The lowest BCUT2D eigenvalue weighted by atomic mass is 10.2. The van der Waals surface area contributed by atoms with E-state index >= 15 is 0 Å². The third-order valence-corrected chi connectivity index (χ3v) is 2.44. The van der Waals surface area contributed by atoms with Gasteiger partial charge in [0, 0.05) is 6.54 Å². The Hall–Kier alpha value is -0.770. The molecule has 2 N–H and O–H groups in total. The summed E-state index contributed by atoms with van der Waals surface area (Å²) in [6, 6.07) is 7.44. The van der Waals surface area contributed by atoms with Gasteiger partial charge in [-0.25, -0.2) is 0 Å². The SMILES string of the molecule is CC(C)(C)OCC(O)CNc1ccccc1Cl. The minimum absolute atomic E-state index is 0.231. The van der Waals surface area contributed by atoms with Crippen LogP contribution in [0, 0.1) is 0 Å². The van der Waals surface area contributed by atoms with Crippen LogP contribution in [0.15, 0.2) is 24.3 Å². The number of aliphatic hydroxyl groups is 1. The van der Waals surface area contributed by atoms with Crippen LogP contribution in [-0.2, 0) is 4.74 Å². The number of benzene rings is 1. The predicted octanol–water partition coefficient (Wildman–Crippen LogP) is 2.93. The fraction of sp³-hybridized carbons (Fsp3) is 0.538. The largest absolute Gasteiger partial charge is 0.389 e. The van der Waals surface area contributed by atoms with Crippen LogP contribution in [0.25, 0.3) is 0 Å². The first kappa shape index (κ1) is 14.3. The average molecular weight is 258 g/mol. The first-order chi connectivity index (χ1) is 7.88. The number of aliphatic hydroxyl groups excluding tert-OH is 1. The van der Waals surface area contributed by atoms with Crippen LogP contribution in [0.3, 0.4) is 0 Å². The summed E-state index contributed by atoms with van der Waals surface area (Å²) in [5.74, 6) is 0. The van der Waals surface area contributed by atoms with Gasteiger partial charge in [-0.15, -0.1) is 0 Å². The first-order valence-corrected chi connectivity index (χ1v) is 6.07. The summed E-state index contributed by atoms with van der Waals surface area (Å²) < 4.78 is 5.49. The molecule has 1 rings (SSSR count). The standard InChI is InChI=1S/C13H20ClNO2/c1-13(2,3)17-9-10(16)8-15-12-7-5-4-6-11(12)14/h4-7,10,15-16H,8-9H2,1-3H3. The minimum Gasteiger partial charge on any atom is -0.389 e. The molecule has 0 aliphatic heterocycles. The molecule has 3 nitrogen and oxygen atoms in total. The van der Waals surface area contributed by atoms with Crippen LogP contribution in [0.4, 0.5) is 5.69 Å². The number of ether oxygens (including phenoxy) is 1. The Morgan fingerprint density at radius 3 is 2.59 bits per heavy atom. The molecule has 0 bridgehead atoms. The Morgan fingerprint density at radius 2 is 2.00 bits per heavy atom. The molecule has 0 saturated heterocycles. The van der Waals surface area contributed by atoms with Gasteiger partial charge in [0.25, 0.3) is 0 Å². The van der Waals surface area contributed by atoms with Gasteiger partial charge >= 0.3 is 0 Å². The molecule has 1 aromatic carbocycles. The van der Waals surface area contributed by atoms with Gasteiger partial charge in [0.05, 0.1) is 29.0 Å². The molecule has 0 radical (unpaired) electrons. The molecule has 17 heavy (non-hydrogen) atoms. The van der Waals surface area contributed by atoms with E-state index in [2.05, 4.69) is 5.32 Å². The highest BCUT2D eigenvalue weighted by Gasteiger charge is 2.13. The van der Waals surface area contributed by atoms with Crippen LogP contribution >= 0.6 is 11.6 Å². The van der Waals surface area contributed by atoms with Crippen molar-refractivity contribution in [1.29, 1.82) is 0 Å². The molecule has 0 aliphatic carbocycles. The first-order valence-electron chi connectivity index (χ1n) is 5.69. The van der Waals surface area contributed by atoms with Gasteiger partial charge in [0.15, 0.2) is 0 Å². The van der Waals surface area contributed by atoms with Crippen molar-refractivity contribution in [2.24, 2.45) is 0 Å². The second kappa shape index (κ2) is 6.24. The molecule has 96 valence electrons. The van der Waals surface area contributed by atoms with Gasteiger partial charge in [-0.2, -0.15) is 0 Å². The molecular weight excluding hydrogens is 238 g/mol. The lowest BCUT2D eigenvalue weighted by molar-refractivity contribution is -0.0449. The van der Waals surface area contributed by atoms with Gasteiger partial charge < -0.3 is 15.2 Å². The van der Waals surface area contributed by atoms with Gasteiger partial charge in [-0.1, -0.05) is 23.7 Å². The fourth-order valence-corrected chi connectivity index (χ4v) is 1.44. The van der Waals surface area contributed by atoms with E-state index in [1.165, 1.54) is 0 Å². The highest BCUT2D eigenvalue weighted by Crippen LogP contribution is 2.20. The Bertz CT molecular complexity index is 350. The molecule has 4 heteroatoms. The van der Waals surface area contributed by atoms with Crippen molar-refractivity contribution >= 4 is 17.3 Å². The maximum atomic E-state index is 9.73. The van der Waals surface area contributed by atoms with E-state index in [0.29, 0.717) is 18.2 Å². The Morgan fingerprint density at radius 1 is 1.35 bits per heavy atom. The number of hydrogen-bond acceptors (Lipinski definition) is 3. The summed E-state index contributed by atoms with van der Waals surface area (Å²) in [6.07, 6.45) is -0.550. The predicted molar refractivity (Wildman–Crippen MR) is 71.7 cm³/mol. The Balaban J connectivity index is 2.34. The van der Waals surface area contributed by atoms with E-state index < -0.39 is 6.10 Å². The van der Waals surface area contributed by atoms with Crippen LogP contribution in [-0.4, -0.2) is 30.0 Å². The van der Waals surface area contributed by atoms with Gasteiger partial charge in [-0.3, -0.25) is 0 Å². The third kappa shape index (κ3) is 5.91. The highest BCUT2D eigenvalue weighted by molar-refractivity contribution is 6.33. The van der Waals surface area contributed by atoms with E-state index in [-0.39, 0.29) is 5.60 Å². The van der Waals surface area contributed by atoms with E-state index in [4.69, 9.17) is 16.3 Å². The summed E-state index contributed by atoms with van der Waals surface area (Å²) in [6.45, 7) is 6.60. The Kier molecular flexibility index (Phi) is 5.25. The topological polar surface area (TPSA) is 41.5 Å². The molecule has 0 heterocycles. The lowest BCUT2D eigenvalue weighted by Crippen LogP contribution is -2.30. The van der Waals surface area contributed by atoms with Crippen molar-refractivity contribution in [3.05, 3.63) is 29.3 Å². The molecule has 0 aliphatic rings. The fourth-order valence-electron chi connectivity index (χ4n) is 1.24. The van der Waals surface area contributed by atoms with Crippen molar-refractivity contribution in [1.82, 2.24) is 0 Å². The van der Waals surface area contributed by atoms with E-state index in [1.54, 1.807) is 0 Å². The monoisotopic (exact) mass is 257 g/mol. The van der Waals surface area contributed by atoms with Gasteiger partial charge in [0.1, 0.15) is 0 Å². The van der Waals surface area contributed by atoms with Crippen molar-refractivity contribution < 1.29 is 9.84 Å². The zero-order chi connectivity index (χ0) is 12.9. The normalized spacial score (nSPS) is 13.5. The number of rotatable bonds is 5. The van der Waals surface area contributed by atoms with E-state index in [1.807, 2.05) is 45.0 Å². The van der Waals surface area contributed by atoms with Crippen LogP contribution in [0.2, 0.25) is 5.02 Å². The summed E-state index contributed by atoms with van der Waals surface area (Å²) in [7, 11) is 0. The quantitative estimate of drug-likeness (QED) is 0.852. The van der Waals surface area contributed by atoms with E-state index in [0.717, 1.165) is 5.69 Å². The third-order valence-electron chi connectivity index (χ3n) is 2.11. The summed E-state index contributed by atoms with van der Waals surface area (Å²) in [5.41, 5.74) is 0.592. The molecule has 0 amide bonds. The van der Waals surface area contributed by atoms with Gasteiger partial charge in [0.2, 0.25) is 0 Å². The van der Waals surface area contributed by atoms with Crippen LogP contribution in [0.5, 0.6) is 0 Å². The molecule has 0 fully saturated rings. The second-order valence-corrected chi connectivity index (χ2v) is 5.35. The minimum atomic E-state index is -0.550. The van der Waals surface area contributed by atoms with Crippen molar-refractivity contribution in [2.45, 2.75) is 32.5 Å². The molecule has 1 aromatic rings. The molecule has 1 unspecified atom stereocenters. The maximum absolute atomic E-state index is 9.73. The number of para-hydroxylation sites is 1. The second-order valence-electron chi connectivity index (χ2n) is 4.94. The number of hydrogen-bond donors (Lipinski definition) is 2. The molecule has 0 saturated carbocycles. The average Bonchev–Trinajstić information content (AvgIpc) is 2.24. The van der Waals surface area contributed by atoms with E-state index in [9.17, 15) is 5.11 Å². The highest BCUT2D eigenvalue weighted by atomic mass is 35.5. The van der Waals surface area contributed by atoms with Crippen LogP contribution in [0.1, 0.15) is 20.8 Å². The smallest absolute Gasteiger partial charge is 0.0945 e. The molecule has 0 aromatic heterocycles. The van der Waals surface area contributed by atoms with Crippen LogP contribution < -0.4 is 5.32 Å². The molecular formula is C13H20ClNO2. The Labute approximate surface area is 108 Å². The zero-order valence-corrected chi connectivity index (χ0v) is 11.3. The van der Waals surface area contributed by atoms with Crippen molar-refractivity contribution in [2.75, 3.05) is 18.5 Å². The molecule has 1 atom stereocenters. The summed E-state index contributed by atoms with van der Waals surface area (Å²) >= 11 is 5.98. The summed E-state index contributed by atoms with van der Waals surface area (Å²) in [5, 5.41) is 13.5. The summed E-state index contributed by atoms with van der Waals surface area (Å²) in [4.78, 5) is 0. The zero-order valence-electron chi connectivity index (χ0n) is 10.5. The lowest BCUT2D eigenvalue weighted by Gasteiger charge is -2.22. The maximum Gasteiger partial charge on any atom is 0.0945 e. The van der Waals surface area contributed by atoms with Crippen molar-refractivity contribution in [3.8, 4) is 0 Å². The molecule has 0 spiro atoms. The van der Waals surface area contributed by atoms with Gasteiger partial charge in [-0.05, 0) is 32.9 Å². The number of nitrogens with one attached hydrogen (secondary N) is 1. The number of halogens is 1. The van der Waals surface area contributed by atoms with Crippen molar-refractivity contribution in [3.63, 3.8) is 0 Å².